The zero-order chi connectivity index (χ0) is 16.9. The van der Waals surface area contributed by atoms with Gasteiger partial charge in [0.05, 0.1) is 18.5 Å². The number of carbonyl (C=O) groups is 1. The van der Waals surface area contributed by atoms with E-state index < -0.39 is 0 Å². The number of amides is 1. The minimum atomic E-state index is 0.0590. The van der Waals surface area contributed by atoms with E-state index in [1.165, 1.54) is 11.8 Å². The third-order valence-electron chi connectivity index (χ3n) is 3.67. The van der Waals surface area contributed by atoms with Crippen LogP contribution >= 0.6 is 23.4 Å². The Morgan fingerprint density at radius 3 is 2.71 bits per heavy atom. The third-order valence-corrected chi connectivity index (χ3v) is 4.87. The van der Waals surface area contributed by atoms with Crippen LogP contribution in [0.3, 0.4) is 0 Å². The highest BCUT2D eigenvalue weighted by molar-refractivity contribution is 8.15. The van der Waals surface area contributed by atoms with Gasteiger partial charge in [-0.1, -0.05) is 59.8 Å². The standard InChI is InChI=1S/C18H16ClN3OS/c1-13-4-2-3-5-15(13)11-22-17(23)12-24-18(22)21-20-10-14-6-8-16(19)9-7-14/h2-10H,11-12H2,1H3/b20-10+,21-18+. The average Bonchev–Trinajstić information content (AvgIpc) is 2.92. The number of benzene rings is 2. The number of aryl methyl sites for hydroxylation is 1. The summed E-state index contributed by atoms with van der Waals surface area (Å²) >= 11 is 7.27. The lowest BCUT2D eigenvalue weighted by Crippen LogP contribution is -2.29. The molecule has 4 nitrogen and oxygen atoms in total. The van der Waals surface area contributed by atoms with Crippen LogP contribution in [0.5, 0.6) is 0 Å². The number of halogens is 1. The molecule has 0 aliphatic carbocycles. The van der Waals surface area contributed by atoms with Gasteiger partial charge in [-0.25, -0.2) is 0 Å². The molecule has 2 aromatic rings. The molecule has 1 fully saturated rings. The Labute approximate surface area is 150 Å². The third kappa shape index (κ3) is 4.04. The van der Waals surface area contributed by atoms with Gasteiger partial charge >= 0.3 is 0 Å². The molecule has 1 heterocycles. The molecule has 0 saturated carbocycles. The maximum Gasteiger partial charge on any atom is 0.239 e. The summed E-state index contributed by atoms with van der Waals surface area (Å²) in [6.45, 7) is 2.56. The van der Waals surface area contributed by atoms with Crippen molar-refractivity contribution >= 4 is 40.7 Å². The number of amidine groups is 1. The van der Waals surface area contributed by atoms with Gasteiger partial charge in [-0.15, -0.1) is 5.10 Å². The molecular formula is C18H16ClN3OS. The molecular weight excluding hydrogens is 342 g/mol. The molecule has 6 heteroatoms. The van der Waals surface area contributed by atoms with Crippen molar-refractivity contribution in [2.75, 3.05) is 5.75 Å². The number of nitrogens with zero attached hydrogens (tertiary/aromatic N) is 3. The highest BCUT2D eigenvalue weighted by Gasteiger charge is 2.28. The lowest BCUT2D eigenvalue weighted by Gasteiger charge is -2.16. The summed E-state index contributed by atoms with van der Waals surface area (Å²) in [5.41, 5.74) is 3.18. The topological polar surface area (TPSA) is 45.0 Å². The minimum absolute atomic E-state index is 0.0590. The van der Waals surface area contributed by atoms with E-state index in [0.29, 0.717) is 22.5 Å². The van der Waals surface area contributed by atoms with Crippen LogP contribution in [0.15, 0.2) is 58.7 Å². The van der Waals surface area contributed by atoms with Crippen LogP contribution in [0.25, 0.3) is 0 Å². The first-order valence-corrected chi connectivity index (χ1v) is 8.84. The number of carbonyl (C=O) groups excluding carboxylic acids is 1. The summed E-state index contributed by atoms with van der Waals surface area (Å²) in [6, 6.07) is 15.4. The van der Waals surface area contributed by atoms with Crippen LogP contribution in [0.2, 0.25) is 5.02 Å². The van der Waals surface area contributed by atoms with E-state index in [1.54, 1.807) is 23.2 Å². The Balaban J connectivity index is 1.75. The quantitative estimate of drug-likeness (QED) is 0.610. The Bertz CT molecular complexity index is 802. The monoisotopic (exact) mass is 357 g/mol. The molecule has 3 rings (SSSR count). The Kier molecular flexibility index (Phi) is 5.33. The van der Waals surface area contributed by atoms with Crippen LogP contribution in [-0.2, 0) is 11.3 Å². The first-order chi connectivity index (χ1) is 11.6. The number of rotatable bonds is 4. The summed E-state index contributed by atoms with van der Waals surface area (Å²) in [6.07, 6.45) is 1.65. The zero-order valence-corrected chi connectivity index (χ0v) is 14.7. The van der Waals surface area contributed by atoms with E-state index in [2.05, 4.69) is 10.2 Å². The summed E-state index contributed by atoms with van der Waals surface area (Å²) in [4.78, 5) is 13.8. The second-order valence-electron chi connectivity index (χ2n) is 5.37. The predicted molar refractivity (Wildman–Crippen MR) is 101 cm³/mol. The molecule has 0 radical (unpaired) electrons. The van der Waals surface area contributed by atoms with Crippen LogP contribution in [0.4, 0.5) is 0 Å². The number of hydrogen-bond acceptors (Lipinski definition) is 4. The SMILES string of the molecule is Cc1ccccc1CN1C(=O)CS/C1=N/N=C/c1ccc(Cl)cc1. The zero-order valence-electron chi connectivity index (χ0n) is 13.1. The van der Waals surface area contributed by atoms with Crippen molar-refractivity contribution in [1.82, 2.24) is 4.90 Å². The van der Waals surface area contributed by atoms with Gasteiger partial charge in [0.15, 0.2) is 5.17 Å². The molecule has 1 amide bonds. The van der Waals surface area contributed by atoms with Crippen LogP contribution in [0, 0.1) is 6.92 Å². The summed E-state index contributed by atoms with van der Waals surface area (Å²) in [5.74, 6) is 0.463. The van der Waals surface area contributed by atoms with Gasteiger partial charge in [-0.05, 0) is 35.7 Å². The first kappa shape index (κ1) is 16.7. The van der Waals surface area contributed by atoms with Gasteiger partial charge in [0, 0.05) is 5.02 Å². The Morgan fingerprint density at radius 2 is 1.96 bits per heavy atom. The van der Waals surface area contributed by atoms with Crippen LogP contribution in [0.1, 0.15) is 16.7 Å². The molecule has 1 aliphatic rings. The summed E-state index contributed by atoms with van der Waals surface area (Å²) in [5, 5.41) is 9.64. The summed E-state index contributed by atoms with van der Waals surface area (Å²) < 4.78 is 0. The molecule has 1 saturated heterocycles. The minimum Gasteiger partial charge on any atom is -0.285 e. The molecule has 0 bridgehead atoms. The maximum atomic E-state index is 12.1. The van der Waals surface area contributed by atoms with Crippen molar-refractivity contribution in [3.8, 4) is 0 Å². The van der Waals surface area contributed by atoms with E-state index in [9.17, 15) is 4.79 Å². The average molecular weight is 358 g/mol. The van der Waals surface area contributed by atoms with E-state index >= 15 is 0 Å². The second-order valence-corrected chi connectivity index (χ2v) is 6.75. The number of hydrogen-bond donors (Lipinski definition) is 0. The van der Waals surface area contributed by atoms with E-state index in [1.807, 2.05) is 43.3 Å². The first-order valence-electron chi connectivity index (χ1n) is 7.48. The van der Waals surface area contributed by atoms with Crippen molar-refractivity contribution in [3.05, 3.63) is 70.2 Å². The van der Waals surface area contributed by atoms with Gasteiger partial charge in [0.25, 0.3) is 0 Å². The van der Waals surface area contributed by atoms with Crippen molar-refractivity contribution in [2.45, 2.75) is 13.5 Å². The molecule has 1 aliphatic heterocycles. The molecule has 122 valence electrons. The Hall–Kier alpha value is -2.11. The van der Waals surface area contributed by atoms with Gasteiger partial charge in [0.2, 0.25) is 5.91 Å². The largest absolute Gasteiger partial charge is 0.285 e. The van der Waals surface area contributed by atoms with Crippen molar-refractivity contribution in [1.29, 1.82) is 0 Å². The molecule has 0 unspecified atom stereocenters. The van der Waals surface area contributed by atoms with Crippen molar-refractivity contribution in [2.24, 2.45) is 10.2 Å². The highest BCUT2D eigenvalue weighted by atomic mass is 35.5. The highest BCUT2D eigenvalue weighted by Crippen LogP contribution is 2.23. The smallest absolute Gasteiger partial charge is 0.239 e. The van der Waals surface area contributed by atoms with E-state index in [-0.39, 0.29) is 5.91 Å². The molecule has 0 atom stereocenters. The van der Waals surface area contributed by atoms with Crippen molar-refractivity contribution in [3.63, 3.8) is 0 Å². The summed E-state index contributed by atoms with van der Waals surface area (Å²) in [7, 11) is 0. The predicted octanol–water partition coefficient (Wildman–Crippen LogP) is 4.11. The molecule has 24 heavy (non-hydrogen) atoms. The van der Waals surface area contributed by atoms with Crippen molar-refractivity contribution < 1.29 is 4.79 Å². The molecule has 0 N–H and O–H groups in total. The van der Waals surface area contributed by atoms with E-state index in [0.717, 1.165) is 16.7 Å². The fourth-order valence-electron chi connectivity index (χ4n) is 2.28. The lowest BCUT2D eigenvalue weighted by molar-refractivity contribution is -0.124. The van der Waals surface area contributed by atoms with Crippen LogP contribution < -0.4 is 0 Å². The maximum absolute atomic E-state index is 12.1. The Morgan fingerprint density at radius 1 is 1.21 bits per heavy atom. The lowest BCUT2D eigenvalue weighted by atomic mass is 10.1. The number of thioether (sulfide) groups is 1. The van der Waals surface area contributed by atoms with Gasteiger partial charge in [-0.2, -0.15) is 5.10 Å². The van der Waals surface area contributed by atoms with Gasteiger partial charge in [0.1, 0.15) is 0 Å². The molecule has 0 aromatic heterocycles. The normalized spacial score (nSPS) is 16.5. The molecule has 0 spiro atoms. The molecule has 2 aromatic carbocycles. The fraction of sp³-hybridized carbons (Fsp3) is 0.167. The van der Waals surface area contributed by atoms with E-state index in [4.69, 9.17) is 11.6 Å². The fourth-order valence-corrected chi connectivity index (χ4v) is 3.24. The van der Waals surface area contributed by atoms with Gasteiger partial charge < -0.3 is 0 Å². The second kappa shape index (κ2) is 7.64. The van der Waals surface area contributed by atoms with Crippen LogP contribution in [-0.4, -0.2) is 27.9 Å². The van der Waals surface area contributed by atoms with Gasteiger partial charge in [-0.3, -0.25) is 9.69 Å².